The Morgan fingerprint density at radius 3 is 2.50 bits per heavy atom. The zero-order valence-corrected chi connectivity index (χ0v) is 11.4. The smallest absolute Gasteiger partial charge is 0.133 e. The molecule has 0 bridgehead atoms. The minimum absolute atomic E-state index is 0.449. The molecule has 0 aromatic heterocycles. The Hall–Kier alpha value is -0.540. The van der Waals surface area contributed by atoms with Crippen LogP contribution in [0.25, 0.3) is 0 Å². The molecule has 2 N–H and O–H groups in total. The zero-order chi connectivity index (χ0) is 11.7. The summed E-state index contributed by atoms with van der Waals surface area (Å²) in [6.07, 6.45) is 2.23. The summed E-state index contributed by atoms with van der Waals surface area (Å²) in [5, 5.41) is 13.6. The normalized spacial score (nSPS) is 17.7. The van der Waals surface area contributed by atoms with Crippen LogP contribution in [0.2, 0.25) is 0 Å². The van der Waals surface area contributed by atoms with E-state index in [0.29, 0.717) is 11.7 Å². The first-order valence-electron chi connectivity index (χ1n) is 5.80. The molecule has 0 aliphatic carbocycles. The third-order valence-corrected chi connectivity index (χ3v) is 4.42. The summed E-state index contributed by atoms with van der Waals surface area (Å²) in [5.74, 6) is 0.947. The van der Waals surface area contributed by atoms with Crippen molar-refractivity contribution in [3.05, 3.63) is 27.2 Å². The Morgan fingerprint density at radius 2 is 1.88 bits per heavy atom. The molecular weight excluding hydrogens is 266 g/mol. The van der Waals surface area contributed by atoms with E-state index in [9.17, 15) is 5.11 Å². The van der Waals surface area contributed by atoms with Crippen molar-refractivity contribution in [3.8, 4) is 5.75 Å². The average Bonchev–Trinajstić information content (AvgIpc) is 2.28. The van der Waals surface area contributed by atoms with Crippen LogP contribution in [0.15, 0.2) is 10.5 Å². The van der Waals surface area contributed by atoms with Gasteiger partial charge in [-0.1, -0.05) is 6.07 Å². The third kappa shape index (κ3) is 2.11. The summed E-state index contributed by atoms with van der Waals surface area (Å²) in [5.41, 5.74) is 3.46. The molecule has 2 nitrogen and oxygen atoms in total. The van der Waals surface area contributed by atoms with E-state index in [0.717, 1.165) is 41.5 Å². The van der Waals surface area contributed by atoms with E-state index in [1.807, 2.05) is 6.92 Å². The number of phenolic OH excluding ortho intramolecular Hbond substituents is 1. The van der Waals surface area contributed by atoms with Crippen molar-refractivity contribution in [2.75, 3.05) is 13.1 Å². The van der Waals surface area contributed by atoms with Crippen LogP contribution in [-0.2, 0) is 0 Å². The van der Waals surface area contributed by atoms with Crippen LogP contribution in [0, 0.1) is 13.8 Å². The molecular formula is C13H18BrNO. The van der Waals surface area contributed by atoms with Crippen LogP contribution in [0.3, 0.4) is 0 Å². The Labute approximate surface area is 105 Å². The molecule has 0 unspecified atom stereocenters. The molecule has 2 rings (SSSR count). The lowest BCUT2D eigenvalue weighted by molar-refractivity contribution is 0.421. The molecule has 0 atom stereocenters. The Bertz CT molecular complexity index is 397. The molecule has 1 aromatic rings. The molecule has 0 amide bonds. The van der Waals surface area contributed by atoms with Crippen LogP contribution in [0.4, 0.5) is 0 Å². The van der Waals surface area contributed by atoms with Gasteiger partial charge in [0.25, 0.3) is 0 Å². The van der Waals surface area contributed by atoms with Gasteiger partial charge in [-0.05, 0) is 72.8 Å². The van der Waals surface area contributed by atoms with Gasteiger partial charge in [0, 0.05) is 5.56 Å². The largest absolute Gasteiger partial charge is 0.506 e. The summed E-state index contributed by atoms with van der Waals surface area (Å²) >= 11 is 3.47. The van der Waals surface area contributed by atoms with Crippen LogP contribution >= 0.6 is 15.9 Å². The van der Waals surface area contributed by atoms with Gasteiger partial charge in [0.05, 0.1) is 4.47 Å². The SMILES string of the molecule is Cc1cc(C)c(C2CCNCC2)c(O)c1Br. The predicted molar refractivity (Wildman–Crippen MR) is 70.1 cm³/mol. The minimum Gasteiger partial charge on any atom is -0.506 e. The van der Waals surface area contributed by atoms with Crippen molar-refractivity contribution < 1.29 is 5.11 Å². The quantitative estimate of drug-likeness (QED) is 0.829. The molecule has 1 aliphatic heterocycles. The van der Waals surface area contributed by atoms with Crippen LogP contribution in [0.5, 0.6) is 5.75 Å². The monoisotopic (exact) mass is 283 g/mol. The number of halogens is 1. The number of hydrogen-bond acceptors (Lipinski definition) is 2. The lowest BCUT2D eigenvalue weighted by atomic mass is 9.86. The van der Waals surface area contributed by atoms with Crippen molar-refractivity contribution in [2.45, 2.75) is 32.6 Å². The molecule has 3 heteroatoms. The molecule has 0 spiro atoms. The van der Waals surface area contributed by atoms with Crippen molar-refractivity contribution in [3.63, 3.8) is 0 Å². The number of rotatable bonds is 1. The highest BCUT2D eigenvalue weighted by atomic mass is 79.9. The summed E-state index contributed by atoms with van der Waals surface area (Å²) in [6, 6.07) is 2.15. The zero-order valence-electron chi connectivity index (χ0n) is 9.81. The van der Waals surface area contributed by atoms with Gasteiger partial charge in [0.1, 0.15) is 5.75 Å². The van der Waals surface area contributed by atoms with E-state index in [2.05, 4.69) is 34.2 Å². The Kier molecular flexibility index (Phi) is 3.55. The van der Waals surface area contributed by atoms with E-state index in [1.165, 1.54) is 5.56 Å². The number of aryl methyl sites for hydroxylation is 2. The van der Waals surface area contributed by atoms with Crippen LogP contribution in [0.1, 0.15) is 35.4 Å². The minimum atomic E-state index is 0.449. The van der Waals surface area contributed by atoms with Gasteiger partial charge >= 0.3 is 0 Å². The summed E-state index contributed by atoms with van der Waals surface area (Å²) in [4.78, 5) is 0. The highest BCUT2D eigenvalue weighted by Crippen LogP contribution is 2.40. The summed E-state index contributed by atoms with van der Waals surface area (Å²) in [7, 11) is 0. The van der Waals surface area contributed by atoms with Gasteiger partial charge in [-0.2, -0.15) is 0 Å². The average molecular weight is 284 g/mol. The van der Waals surface area contributed by atoms with E-state index < -0.39 is 0 Å². The predicted octanol–water partition coefficient (Wildman–Crippen LogP) is 3.24. The van der Waals surface area contributed by atoms with Crippen molar-refractivity contribution in [1.29, 1.82) is 0 Å². The maximum absolute atomic E-state index is 10.2. The molecule has 1 heterocycles. The number of hydrogen-bond donors (Lipinski definition) is 2. The number of benzene rings is 1. The van der Waals surface area contributed by atoms with Crippen LogP contribution < -0.4 is 5.32 Å². The molecule has 1 saturated heterocycles. The maximum Gasteiger partial charge on any atom is 0.133 e. The fourth-order valence-corrected chi connectivity index (χ4v) is 2.91. The second kappa shape index (κ2) is 4.76. The van der Waals surface area contributed by atoms with E-state index >= 15 is 0 Å². The highest BCUT2D eigenvalue weighted by molar-refractivity contribution is 9.10. The van der Waals surface area contributed by atoms with Crippen molar-refractivity contribution >= 4 is 15.9 Å². The number of piperidine rings is 1. The lowest BCUT2D eigenvalue weighted by Gasteiger charge is -2.26. The molecule has 16 heavy (non-hydrogen) atoms. The third-order valence-electron chi connectivity index (χ3n) is 3.41. The molecule has 1 fully saturated rings. The summed E-state index contributed by atoms with van der Waals surface area (Å²) in [6.45, 7) is 6.21. The number of aromatic hydroxyl groups is 1. The first kappa shape index (κ1) is 11.9. The maximum atomic E-state index is 10.2. The molecule has 0 saturated carbocycles. The van der Waals surface area contributed by atoms with Crippen LogP contribution in [-0.4, -0.2) is 18.2 Å². The fraction of sp³-hybridized carbons (Fsp3) is 0.538. The first-order chi connectivity index (χ1) is 7.61. The first-order valence-corrected chi connectivity index (χ1v) is 6.60. The number of nitrogens with one attached hydrogen (secondary N) is 1. The fourth-order valence-electron chi connectivity index (χ4n) is 2.58. The van der Waals surface area contributed by atoms with Gasteiger partial charge in [-0.3, -0.25) is 0 Å². The summed E-state index contributed by atoms with van der Waals surface area (Å²) < 4.78 is 0.853. The van der Waals surface area contributed by atoms with E-state index in [1.54, 1.807) is 0 Å². The standard InChI is InChI=1S/C13H18BrNO/c1-8-7-9(2)12(14)13(16)11(8)10-3-5-15-6-4-10/h7,10,15-16H,3-6H2,1-2H3. The van der Waals surface area contributed by atoms with Gasteiger partial charge in [0.15, 0.2) is 0 Å². The number of phenols is 1. The Morgan fingerprint density at radius 1 is 1.25 bits per heavy atom. The van der Waals surface area contributed by atoms with E-state index in [4.69, 9.17) is 0 Å². The topological polar surface area (TPSA) is 32.3 Å². The molecule has 0 radical (unpaired) electrons. The molecule has 1 aromatic carbocycles. The van der Waals surface area contributed by atoms with Gasteiger partial charge < -0.3 is 10.4 Å². The second-order valence-electron chi connectivity index (χ2n) is 4.61. The molecule has 88 valence electrons. The Balaban J connectivity index is 2.42. The van der Waals surface area contributed by atoms with Gasteiger partial charge in [-0.15, -0.1) is 0 Å². The van der Waals surface area contributed by atoms with Gasteiger partial charge in [0.2, 0.25) is 0 Å². The highest BCUT2D eigenvalue weighted by Gasteiger charge is 2.22. The molecule has 1 aliphatic rings. The second-order valence-corrected chi connectivity index (χ2v) is 5.40. The van der Waals surface area contributed by atoms with Gasteiger partial charge in [-0.25, -0.2) is 0 Å². The lowest BCUT2D eigenvalue weighted by Crippen LogP contribution is -2.27. The van der Waals surface area contributed by atoms with Crippen molar-refractivity contribution in [1.82, 2.24) is 5.32 Å². The van der Waals surface area contributed by atoms with E-state index in [-0.39, 0.29) is 0 Å². The van der Waals surface area contributed by atoms with Crippen molar-refractivity contribution in [2.24, 2.45) is 0 Å².